The van der Waals surface area contributed by atoms with Gasteiger partial charge in [-0.25, -0.2) is 4.79 Å². The molecule has 0 aromatic heterocycles. The Morgan fingerprint density at radius 1 is 1.32 bits per heavy atom. The third-order valence-corrected chi connectivity index (χ3v) is 3.80. The van der Waals surface area contributed by atoms with Crippen LogP contribution in [0.5, 0.6) is 0 Å². The first-order valence-corrected chi connectivity index (χ1v) is 8.68. The van der Waals surface area contributed by atoms with E-state index in [1.807, 2.05) is 6.92 Å². The second-order valence-electron chi connectivity index (χ2n) is 6.15. The molecule has 0 aliphatic rings. The first-order valence-electron chi connectivity index (χ1n) is 7.28. The Bertz CT molecular complexity index is 469. The van der Waals surface area contributed by atoms with E-state index < -0.39 is 21.9 Å². The molecule has 0 spiro atoms. The number of nitrogens with one attached hydrogen (secondary N) is 1. The van der Waals surface area contributed by atoms with Gasteiger partial charge in [0.1, 0.15) is 5.60 Å². The zero-order valence-electron chi connectivity index (χ0n) is 14.3. The molecule has 0 unspecified atom stereocenters. The van der Waals surface area contributed by atoms with Crippen molar-refractivity contribution in [3.05, 3.63) is 0 Å². The first kappa shape index (κ1) is 20.8. The Labute approximate surface area is 133 Å². The van der Waals surface area contributed by atoms with Crippen LogP contribution in [0.3, 0.4) is 0 Å². The Morgan fingerprint density at radius 2 is 1.91 bits per heavy atom. The molecule has 0 saturated carbocycles. The van der Waals surface area contributed by atoms with Gasteiger partial charge in [0.15, 0.2) is 0 Å². The van der Waals surface area contributed by atoms with Crippen molar-refractivity contribution in [2.24, 2.45) is 9.63 Å². The third kappa shape index (κ3) is 9.67. The molecule has 130 valence electrons. The maximum atomic E-state index is 11.8. The minimum atomic E-state index is -3.72. The molecule has 1 atom stereocenters. The molecule has 0 fully saturated rings. The van der Waals surface area contributed by atoms with E-state index in [9.17, 15) is 13.2 Å². The zero-order chi connectivity index (χ0) is 17.4. The standard InChI is InChI=1S/C13H28N4O4S/c1-7-8-9-11(15-12(18)21-13(2,3)4)10-14-16-22(19,20)17(5)6/h11H,7-10H2,1-6H3,(H,15,18)/t11-/m0/s1. The summed E-state index contributed by atoms with van der Waals surface area (Å²) >= 11 is 0. The van der Waals surface area contributed by atoms with Gasteiger partial charge in [0.2, 0.25) is 0 Å². The van der Waals surface area contributed by atoms with E-state index in [1.54, 1.807) is 20.8 Å². The molecule has 9 heteroatoms. The molecule has 0 aliphatic carbocycles. The van der Waals surface area contributed by atoms with Gasteiger partial charge in [0.25, 0.3) is 0 Å². The van der Waals surface area contributed by atoms with Gasteiger partial charge in [-0.2, -0.15) is 17.8 Å². The van der Waals surface area contributed by atoms with Gasteiger partial charge in [-0.1, -0.05) is 24.3 Å². The lowest BCUT2D eigenvalue weighted by Gasteiger charge is -2.22. The minimum Gasteiger partial charge on any atom is -0.444 e. The number of ether oxygens (including phenoxy) is 1. The number of amides is 1. The number of alkyl carbamates (subject to hydrolysis) is 1. The van der Waals surface area contributed by atoms with E-state index >= 15 is 0 Å². The highest BCUT2D eigenvalue weighted by atomic mass is 32.2. The molecule has 0 aromatic rings. The van der Waals surface area contributed by atoms with Crippen LogP contribution in [0.4, 0.5) is 4.79 Å². The van der Waals surface area contributed by atoms with Crippen LogP contribution in [-0.4, -0.2) is 51.1 Å². The van der Waals surface area contributed by atoms with Crippen molar-refractivity contribution in [2.45, 2.75) is 58.6 Å². The fourth-order valence-corrected chi connectivity index (χ4v) is 1.77. The van der Waals surface area contributed by atoms with Crippen molar-refractivity contribution in [2.75, 3.05) is 20.6 Å². The maximum Gasteiger partial charge on any atom is 0.407 e. The Kier molecular flexibility index (Phi) is 8.54. The summed E-state index contributed by atoms with van der Waals surface area (Å²) in [7, 11) is -0.970. The molecular formula is C13H28N4O4S. The van der Waals surface area contributed by atoms with Crippen LogP contribution in [0.15, 0.2) is 9.63 Å². The number of hydrogen-bond donors (Lipinski definition) is 1. The maximum absolute atomic E-state index is 11.8. The van der Waals surface area contributed by atoms with E-state index in [1.165, 1.54) is 14.1 Å². The second-order valence-corrected chi connectivity index (χ2v) is 7.94. The van der Waals surface area contributed by atoms with Crippen LogP contribution in [0.25, 0.3) is 0 Å². The average molecular weight is 336 g/mol. The lowest BCUT2D eigenvalue weighted by molar-refractivity contribution is 0.0503. The molecule has 8 nitrogen and oxygen atoms in total. The van der Waals surface area contributed by atoms with Crippen molar-refractivity contribution in [1.29, 1.82) is 0 Å². The Balaban J connectivity index is 4.65. The summed E-state index contributed by atoms with van der Waals surface area (Å²) in [5.41, 5.74) is -0.588. The monoisotopic (exact) mass is 336 g/mol. The van der Waals surface area contributed by atoms with Gasteiger partial charge in [-0.15, -0.1) is 0 Å². The highest BCUT2D eigenvalue weighted by molar-refractivity contribution is 7.87. The molecule has 0 bridgehead atoms. The molecule has 0 saturated heterocycles. The predicted octanol–water partition coefficient (Wildman–Crippen LogP) is 2.33. The van der Waals surface area contributed by atoms with E-state index in [4.69, 9.17) is 4.74 Å². The predicted molar refractivity (Wildman–Crippen MR) is 85.0 cm³/mol. The number of nitrogens with zero attached hydrogens (tertiary/aromatic N) is 3. The largest absolute Gasteiger partial charge is 0.444 e. The van der Waals surface area contributed by atoms with Crippen molar-refractivity contribution >= 4 is 16.3 Å². The topological polar surface area (TPSA) is 100 Å². The molecule has 0 radical (unpaired) electrons. The highest BCUT2D eigenvalue weighted by Gasteiger charge is 2.19. The molecule has 0 aliphatic heterocycles. The van der Waals surface area contributed by atoms with Crippen molar-refractivity contribution in [3.8, 4) is 0 Å². The zero-order valence-corrected chi connectivity index (χ0v) is 15.1. The van der Waals surface area contributed by atoms with Crippen LogP contribution in [0, 0.1) is 0 Å². The van der Waals surface area contributed by atoms with Crippen molar-refractivity contribution in [1.82, 2.24) is 9.62 Å². The third-order valence-electron chi connectivity index (χ3n) is 2.55. The SMILES string of the molecule is CCCC[C@@H](CN=NS(=O)(=O)N(C)C)NC(=O)OC(C)(C)C. The van der Waals surface area contributed by atoms with Crippen LogP contribution in [-0.2, 0) is 14.9 Å². The summed E-state index contributed by atoms with van der Waals surface area (Å²) in [6.07, 6.45) is 1.98. The summed E-state index contributed by atoms with van der Waals surface area (Å²) in [5.74, 6) is 0. The lowest BCUT2D eigenvalue weighted by Crippen LogP contribution is -2.40. The first-order chi connectivity index (χ1) is 9.98. The van der Waals surface area contributed by atoms with Gasteiger partial charge in [-0.05, 0) is 27.2 Å². The van der Waals surface area contributed by atoms with Crippen LogP contribution >= 0.6 is 0 Å². The van der Waals surface area contributed by atoms with Gasteiger partial charge in [0.05, 0.1) is 12.6 Å². The van der Waals surface area contributed by atoms with Crippen molar-refractivity contribution < 1.29 is 17.9 Å². The Hall–Kier alpha value is -1.22. The van der Waals surface area contributed by atoms with Crippen molar-refractivity contribution in [3.63, 3.8) is 0 Å². The van der Waals surface area contributed by atoms with Crippen LogP contribution in [0.1, 0.15) is 47.0 Å². The smallest absolute Gasteiger partial charge is 0.407 e. The number of unbranched alkanes of at least 4 members (excludes halogenated alkanes) is 1. The summed E-state index contributed by atoms with van der Waals surface area (Å²) < 4.78 is 32.5. The second kappa shape index (κ2) is 9.04. The number of hydrogen-bond acceptors (Lipinski definition) is 5. The average Bonchev–Trinajstić information content (AvgIpc) is 2.32. The fraction of sp³-hybridized carbons (Fsp3) is 0.923. The molecule has 0 rings (SSSR count). The van der Waals surface area contributed by atoms with Gasteiger partial charge in [-0.3, -0.25) is 0 Å². The molecule has 1 N–H and O–H groups in total. The molecule has 22 heavy (non-hydrogen) atoms. The van der Waals surface area contributed by atoms with Gasteiger partial charge >= 0.3 is 16.3 Å². The van der Waals surface area contributed by atoms with E-state index in [0.717, 1.165) is 17.1 Å². The number of carbonyl (C=O) groups excluding carboxylic acids is 1. The number of rotatable bonds is 8. The van der Waals surface area contributed by atoms with Crippen LogP contribution in [0.2, 0.25) is 0 Å². The summed E-state index contributed by atoms with van der Waals surface area (Å²) in [5, 5.41) is 6.39. The fourth-order valence-electron chi connectivity index (χ4n) is 1.41. The molecule has 0 heterocycles. The van der Waals surface area contributed by atoms with E-state index in [0.29, 0.717) is 6.42 Å². The highest BCUT2D eigenvalue weighted by Crippen LogP contribution is 2.09. The summed E-state index contributed by atoms with van der Waals surface area (Å²) in [6.45, 7) is 7.44. The van der Waals surface area contributed by atoms with Gasteiger partial charge in [0, 0.05) is 14.1 Å². The van der Waals surface area contributed by atoms with E-state index in [-0.39, 0.29) is 12.6 Å². The molecule has 1 amide bonds. The Morgan fingerprint density at radius 3 is 2.36 bits per heavy atom. The quantitative estimate of drug-likeness (QED) is 0.687. The van der Waals surface area contributed by atoms with E-state index in [2.05, 4.69) is 15.0 Å². The minimum absolute atomic E-state index is 0.0896. The molecular weight excluding hydrogens is 308 g/mol. The molecule has 0 aromatic carbocycles. The van der Waals surface area contributed by atoms with Crippen LogP contribution < -0.4 is 5.32 Å². The number of carbonyl (C=O) groups is 1. The lowest BCUT2D eigenvalue weighted by atomic mass is 10.1. The summed E-state index contributed by atoms with van der Waals surface area (Å²) in [4.78, 5) is 11.8. The summed E-state index contributed by atoms with van der Waals surface area (Å²) in [6, 6.07) is -0.309. The normalized spacial score (nSPS) is 14.3. The van der Waals surface area contributed by atoms with Gasteiger partial charge < -0.3 is 10.1 Å².